The zero-order valence-electron chi connectivity index (χ0n) is 9.38. The predicted molar refractivity (Wildman–Crippen MR) is 46.9 cm³/mol. The minimum Gasteiger partial charge on any atom is -0.354 e. The molecule has 12 heteroatoms. The molecule has 0 saturated heterocycles. The van der Waals surface area contributed by atoms with E-state index in [1.807, 2.05) is 0 Å². The molecule has 0 aliphatic carbocycles. The van der Waals surface area contributed by atoms with Crippen molar-refractivity contribution in [2.24, 2.45) is 0 Å². The van der Waals surface area contributed by atoms with E-state index in [4.69, 9.17) is 0 Å². The predicted octanol–water partition coefficient (Wildman–Crippen LogP) is 2.44. The molecule has 1 heterocycles. The minimum atomic E-state index is -6.29. The first-order valence-corrected chi connectivity index (χ1v) is 4.66. The molecule has 0 atom stereocenters. The highest BCUT2D eigenvalue weighted by Gasteiger charge is 2.64. The third-order valence-electron chi connectivity index (χ3n) is 2.16. The summed E-state index contributed by atoms with van der Waals surface area (Å²) in [5.74, 6) is -7.39. The molecule has 20 heavy (non-hydrogen) atoms. The van der Waals surface area contributed by atoms with Gasteiger partial charge in [-0.05, 0) is 0 Å². The van der Waals surface area contributed by atoms with E-state index >= 15 is 0 Å². The Morgan fingerprint density at radius 1 is 1.10 bits per heavy atom. The SMILES string of the molecule is CNC(=O)c1[nH]nc(C(F)(F)C(F)(F)F)c1C(F)(F)F. The number of rotatable bonds is 2. The molecular weight excluding hydrogens is 306 g/mol. The van der Waals surface area contributed by atoms with Crippen LogP contribution in [-0.4, -0.2) is 29.3 Å². The van der Waals surface area contributed by atoms with Gasteiger partial charge in [-0.25, -0.2) is 0 Å². The maximum Gasteiger partial charge on any atom is 0.459 e. The van der Waals surface area contributed by atoms with Crippen molar-refractivity contribution >= 4 is 5.91 Å². The van der Waals surface area contributed by atoms with Gasteiger partial charge in [0, 0.05) is 7.05 Å². The Labute approximate surface area is 105 Å². The lowest BCUT2D eigenvalue weighted by Gasteiger charge is -2.19. The van der Waals surface area contributed by atoms with E-state index in [2.05, 4.69) is 5.10 Å². The monoisotopic (exact) mass is 311 g/mol. The third kappa shape index (κ3) is 2.54. The molecule has 0 aliphatic heterocycles. The molecule has 1 aromatic rings. The van der Waals surface area contributed by atoms with Crippen molar-refractivity contribution in [1.82, 2.24) is 15.5 Å². The summed E-state index contributed by atoms with van der Waals surface area (Å²) in [7, 11) is 0.866. The number of H-pyrrole nitrogens is 1. The lowest BCUT2D eigenvalue weighted by atomic mass is 10.1. The summed E-state index contributed by atoms with van der Waals surface area (Å²) in [6.45, 7) is 0. The first-order chi connectivity index (χ1) is 8.84. The Morgan fingerprint density at radius 3 is 1.95 bits per heavy atom. The van der Waals surface area contributed by atoms with Crippen molar-refractivity contribution in [2.45, 2.75) is 18.3 Å². The van der Waals surface area contributed by atoms with E-state index in [-0.39, 0.29) is 0 Å². The number of nitrogens with zero attached hydrogens (tertiary/aromatic N) is 1. The third-order valence-corrected chi connectivity index (χ3v) is 2.16. The van der Waals surface area contributed by atoms with E-state index in [1.54, 1.807) is 5.32 Å². The number of hydrogen-bond acceptors (Lipinski definition) is 2. The summed E-state index contributed by atoms with van der Waals surface area (Å²) in [6.07, 6.45) is -11.9. The number of amides is 1. The van der Waals surface area contributed by atoms with Crippen LogP contribution in [0.15, 0.2) is 0 Å². The van der Waals surface area contributed by atoms with E-state index < -0.39 is 41.1 Å². The largest absolute Gasteiger partial charge is 0.459 e. The van der Waals surface area contributed by atoms with Crippen LogP contribution in [0, 0.1) is 0 Å². The fourth-order valence-corrected chi connectivity index (χ4v) is 1.27. The highest BCUT2D eigenvalue weighted by molar-refractivity contribution is 5.94. The fraction of sp³-hybridized carbons (Fsp3) is 0.500. The van der Waals surface area contributed by atoms with Gasteiger partial charge in [0.05, 0.1) is 0 Å². The normalized spacial score (nSPS) is 13.4. The summed E-state index contributed by atoms with van der Waals surface area (Å²) in [5.41, 5.74) is -6.59. The van der Waals surface area contributed by atoms with Crippen LogP contribution in [-0.2, 0) is 12.1 Å². The van der Waals surface area contributed by atoms with E-state index in [0.717, 1.165) is 7.05 Å². The summed E-state index contributed by atoms with van der Waals surface area (Å²) < 4.78 is 100. The van der Waals surface area contributed by atoms with Gasteiger partial charge in [0.1, 0.15) is 11.3 Å². The van der Waals surface area contributed by atoms with Crippen molar-refractivity contribution in [2.75, 3.05) is 7.05 Å². The Morgan fingerprint density at radius 2 is 1.60 bits per heavy atom. The summed E-state index contributed by atoms with van der Waals surface area (Å²) >= 11 is 0. The first kappa shape index (κ1) is 16.2. The number of nitrogens with one attached hydrogen (secondary N) is 2. The van der Waals surface area contributed by atoms with E-state index in [0.29, 0.717) is 0 Å². The van der Waals surface area contributed by atoms with Crippen LogP contribution in [0.1, 0.15) is 21.7 Å². The highest BCUT2D eigenvalue weighted by Crippen LogP contribution is 2.48. The maximum atomic E-state index is 13.0. The average molecular weight is 311 g/mol. The second kappa shape index (κ2) is 4.59. The van der Waals surface area contributed by atoms with Gasteiger partial charge in [-0.1, -0.05) is 0 Å². The smallest absolute Gasteiger partial charge is 0.354 e. The number of alkyl halides is 8. The van der Waals surface area contributed by atoms with E-state index in [1.165, 1.54) is 5.10 Å². The maximum absolute atomic E-state index is 13.0. The first-order valence-electron chi connectivity index (χ1n) is 4.66. The van der Waals surface area contributed by atoms with Gasteiger partial charge in [0.15, 0.2) is 5.69 Å². The molecule has 0 spiro atoms. The van der Waals surface area contributed by atoms with Gasteiger partial charge >= 0.3 is 18.3 Å². The molecule has 2 N–H and O–H groups in total. The number of aromatic nitrogens is 2. The highest BCUT2D eigenvalue weighted by atomic mass is 19.4. The fourth-order valence-electron chi connectivity index (χ4n) is 1.27. The molecule has 114 valence electrons. The second-order valence-electron chi connectivity index (χ2n) is 3.47. The molecule has 1 amide bonds. The van der Waals surface area contributed by atoms with Crippen LogP contribution in [0.5, 0.6) is 0 Å². The van der Waals surface area contributed by atoms with Crippen molar-refractivity contribution in [3.05, 3.63) is 17.0 Å². The Bertz CT molecular complexity index is 515. The second-order valence-corrected chi connectivity index (χ2v) is 3.47. The Hall–Kier alpha value is -1.88. The number of aromatic amines is 1. The number of carbonyl (C=O) groups excluding carboxylic acids is 1. The molecule has 0 saturated carbocycles. The van der Waals surface area contributed by atoms with Crippen LogP contribution in [0.4, 0.5) is 35.1 Å². The van der Waals surface area contributed by atoms with Crippen LogP contribution >= 0.6 is 0 Å². The van der Waals surface area contributed by atoms with Crippen molar-refractivity contribution < 1.29 is 39.9 Å². The van der Waals surface area contributed by atoms with Gasteiger partial charge < -0.3 is 5.32 Å². The van der Waals surface area contributed by atoms with Crippen LogP contribution in [0.3, 0.4) is 0 Å². The molecule has 0 fully saturated rings. The molecule has 1 aromatic heterocycles. The van der Waals surface area contributed by atoms with Crippen molar-refractivity contribution in [3.8, 4) is 0 Å². The van der Waals surface area contributed by atoms with Gasteiger partial charge in [-0.15, -0.1) is 0 Å². The number of hydrogen-bond donors (Lipinski definition) is 2. The van der Waals surface area contributed by atoms with Gasteiger partial charge in [-0.3, -0.25) is 9.89 Å². The minimum absolute atomic E-state index is 0.866. The van der Waals surface area contributed by atoms with Gasteiger partial charge in [-0.2, -0.15) is 40.2 Å². The average Bonchev–Trinajstić information content (AvgIpc) is 2.70. The standard InChI is InChI=1S/C8H5F8N3O/c1-17-5(20)3-2(7(11,12)13)4(19-18-3)6(9,10)8(14,15)16/h1H3,(H,17,20)(H,18,19). The summed E-state index contributed by atoms with van der Waals surface area (Å²) in [5, 5.41) is 5.22. The molecule has 1 rings (SSSR count). The Kier molecular flexibility index (Phi) is 3.72. The molecule has 0 aliphatic rings. The molecule has 4 nitrogen and oxygen atoms in total. The number of carbonyl (C=O) groups is 1. The Balaban J connectivity index is 3.59. The molecule has 0 radical (unpaired) electrons. The lowest BCUT2D eigenvalue weighted by molar-refractivity contribution is -0.292. The summed E-state index contributed by atoms with van der Waals surface area (Å²) in [4.78, 5) is 11.1. The van der Waals surface area contributed by atoms with E-state index in [9.17, 15) is 39.9 Å². The topological polar surface area (TPSA) is 57.8 Å². The zero-order valence-corrected chi connectivity index (χ0v) is 9.38. The molecule has 0 bridgehead atoms. The number of halogens is 8. The summed E-state index contributed by atoms with van der Waals surface area (Å²) in [6, 6.07) is 0. The molecular formula is C8H5F8N3O. The van der Waals surface area contributed by atoms with Crippen molar-refractivity contribution in [3.63, 3.8) is 0 Å². The molecule has 0 unspecified atom stereocenters. The quantitative estimate of drug-likeness (QED) is 0.824. The lowest BCUT2D eigenvalue weighted by Crippen LogP contribution is -2.36. The van der Waals surface area contributed by atoms with Gasteiger partial charge in [0.2, 0.25) is 0 Å². The van der Waals surface area contributed by atoms with Gasteiger partial charge in [0.25, 0.3) is 5.91 Å². The van der Waals surface area contributed by atoms with Crippen molar-refractivity contribution in [1.29, 1.82) is 0 Å². The van der Waals surface area contributed by atoms with Crippen LogP contribution in [0.2, 0.25) is 0 Å². The zero-order chi connectivity index (χ0) is 15.9. The molecule has 0 aromatic carbocycles. The van der Waals surface area contributed by atoms with Crippen LogP contribution < -0.4 is 5.32 Å². The van der Waals surface area contributed by atoms with Crippen LogP contribution in [0.25, 0.3) is 0 Å².